The highest BCUT2D eigenvalue weighted by molar-refractivity contribution is 7.92. The Hall–Kier alpha value is -2.15. The Bertz CT molecular complexity index is 689. The van der Waals surface area contributed by atoms with E-state index in [1.165, 1.54) is 37.6 Å². The standard InChI is InChI=1S/C12H12FN3O2S/c1-16(10-4-6-15-7-5-10)19(17,18)12-3-2-9(14)8-11(12)13/h2-8H,14H2,1H3. The number of halogens is 1. The molecule has 7 heteroatoms. The van der Waals surface area contributed by atoms with Crippen LogP contribution in [0.1, 0.15) is 0 Å². The lowest BCUT2D eigenvalue weighted by atomic mass is 10.3. The minimum atomic E-state index is -3.96. The van der Waals surface area contributed by atoms with Gasteiger partial charge in [0.2, 0.25) is 0 Å². The van der Waals surface area contributed by atoms with Crippen LogP contribution in [-0.4, -0.2) is 20.4 Å². The Morgan fingerprint density at radius 2 is 1.84 bits per heavy atom. The van der Waals surface area contributed by atoms with Gasteiger partial charge in [0.05, 0.1) is 5.69 Å². The predicted octanol–water partition coefficient (Wildman–Crippen LogP) is 1.63. The molecule has 0 amide bonds. The van der Waals surface area contributed by atoms with Gasteiger partial charge >= 0.3 is 0 Å². The summed E-state index contributed by atoms with van der Waals surface area (Å²) in [6, 6.07) is 6.51. The number of hydrogen-bond donors (Lipinski definition) is 1. The molecule has 2 rings (SSSR count). The van der Waals surface area contributed by atoms with Crippen LogP contribution in [0.4, 0.5) is 15.8 Å². The Balaban J connectivity index is 2.48. The maximum Gasteiger partial charge on any atom is 0.266 e. The lowest BCUT2D eigenvalue weighted by Crippen LogP contribution is -2.27. The fourth-order valence-corrected chi connectivity index (χ4v) is 2.81. The number of benzene rings is 1. The van der Waals surface area contributed by atoms with Crippen LogP contribution in [0.5, 0.6) is 0 Å². The summed E-state index contributed by atoms with van der Waals surface area (Å²) < 4.78 is 39.3. The Kier molecular flexibility index (Phi) is 3.39. The second kappa shape index (κ2) is 4.85. The van der Waals surface area contributed by atoms with Crippen LogP contribution in [-0.2, 0) is 10.0 Å². The van der Waals surface area contributed by atoms with Crippen molar-refractivity contribution >= 4 is 21.4 Å². The molecule has 0 radical (unpaired) electrons. The van der Waals surface area contributed by atoms with E-state index in [0.717, 1.165) is 16.4 Å². The number of nitrogens with two attached hydrogens (primary N) is 1. The van der Waals surface area contributed by atoms with E-state index in [4.69, 9.17) is 5.73 Å². The number of pyridine rings is 1. The number of rotatable bonds is 3. The number of hydrogen-bond acceptors (Lipinski definition) is 4. The van der Waals surface area contributed by atoms with Crippen molar-refractivity contribution in [3.05, 3.63) is 48.5 Å². The molecule has 2 aromatic rings. The quantitative estimate of drug-likeness (QED) is 0.867. The largest absolute Gasteiger partial charge is 0.399 e. The van der Waals surface area contributed by atoms with E-state index in [9.17, 15) is 12.8 Å². The van der Waals surface area contributed by atoms with Gasteiger partial charge in [-0.25, -0.2) is 12.8 Å². The zero-order valence-corrected chi connectivity index (χ0v) is 10.9. The summed E-state index contributed by atoms with van der Waals surface area (Å²) in [5, 5.41) is 0. The Morgan fingerprint density at radius 1 is 1.21 bits per heavy atom. The number of anilines is 2. The Labute approximate surface area is 110 Å². The van der Waals surface area contributed by atoms with Gasteiger partial charge < -0.3 is 5.73 Å². The molecule has 1 aromatic carbocycles. The summed E-state index contributed by atoms with van der Waals surface area (Å²) in [6.45, 7) is 0. The molecule has 0 aliphatic carbocycles. The molecule has 0 saturated heterocycles. The van der Waals surface area contributed by atoms with E-state index in [1.807, 2.05) is 0 Å². The fourth-order valence-electron chi connectivity index (χ4n) is 1.57. The van der Waals surface area contributed by atoms with Gasteiger partial charge in [0.15, 0.2) is 0 Å². The van der Waals surface area contributed by atoms with Crippen LogP contribution in [0.15, 0.2) is 47.6 Å². The maximum absolute atomic E-state index is 13.7. The molecular weight excluding hydrogens is 269 g/mol. The average molecular weight is 281 g/mol. The highest BCUT2D eigenvalue weighted by atomic mass is 32.2. The molecule has 1 heterocycles. The third-order valence-corrected chi connectivity index (χ3v) is 4.44. The molecular formula is C12H12FN3O2S. The molecule has 0 aliphatic heterocycles. The summed E-state index contributed by atoms with van der Waals surface area (Å²) in [5.74, 6) is -0.874. The minimum Gasteiger partial charge on any atom is -0.399 e. The third-order valence-electron chi connectivity index (χ3n) is 2.62. The molecule has 5 nitrogen and oxygen atoms in total. The zero-order valence-electron chi connectivity index (χ0n) is 10.1. The molecule has 0 fully saturated rings. The topological polar surface area (TPSA) is 76.3 Å². The fraction of sp³-hybridized carbons (Fsp3) is 0.0833. The van der Waals surface area contributed by atoms with Gasteiger partial charge in [-0.15, -0.1) is 0 Å². The monoisotopic (exact) mass is 281 g/mol. The van der Waals surface area contributed by atoms with E-state index < -0.39 is 20.7 Å². The first-order valence-corrected chi connectivity index (χ1v) is 6.81. The van der Waals surface area contributed by atoms with Crippen LogP contribution in [0.2, 0.25) is 0 Å². The van der Waals surface area contributed by atoms with Gasteiger partial charge in [0.25, 0.3) is 10.0 Å². The molecule has 1 aromatic heterocycles. The van der Waals surface area contributed by atoms with Crippen LogP contribution >= 0.6 is 0 Å². The van der Waals surface area contributed by atoms with E-state index >= 15 is 0 Å². The van der Waals surface area contributed by atoms with Gasteiger partial charge in [0, 0.05) is 25.1 Å². The van der Waals surface area contributed by atoms with Crippen molar-refractivity contribution < 1.29 is 12.8 Å². The predicted molar refractivity (Wildman–Crippen MR) is 70.6 cm³/mol. The van der Waals surface area contributed by atoms with Gasteiger partial charge in [0.1, 0.15) is 10.7 Å². The molecule has 0 bridgehead atoms. The molecule has 19 heavy (non-hydrogen) atoms. The van der Waals surface area contributed by atoms with Crippen LogP contribution in [0.25, 0.3) is 0 Å². The van der Waals surface area contributed by atoms with Crippen LogP contribution in [0.3, 0.4) is 0 Å². The smallest absolute Gasteiger partial charge is 0.266 e. The first-order chi connectivity index (χ1) is 8.93. The maximum atomic E-state index is 13.7. The average Bonchev–Trinajstić information content (AvgIpc) is 2.38. The van der Waals surface area contributed by atoms with Crippen molar-refractivity contribution in [2.75, 3.05) is 17.1 Å². The summed E-state index contributed by atoms with van der Waals surface area (Å²) >= 11 is 0. The van der Waals surface area contributed by atoms with Crippen molar-refractivity contribution in [2.45, 2.75) is 4.90 Å². The lowest BCUT2D eigenvalue weighted by molar-refractivity contribution is 0.566. The molecule has 100 valence electrons. The summed E-state index contributed by atoms with van der Waals surface area (Å²) in [5.41, 5.74) is 5.97. The molecule has 0 saturated carbocycles. The van der Waals surface area contributed by atoms with E-state index in [0.29, 0.717) is 5.69 Å². The van der Waals surface area contributed by atoms with Crippen molar-refractivity contribution in [1.82, 2.24) is 4.98 Å². The minimum absolute atomic E-state index is 0.169. The highest BCUT2D eigenvalue weighted by Crippen LogP contribution is 2.24. The number of sulfonamides is 1. The number of aromatic nitrogens is 1. The third kappa shape index (κ3) is 2.50. The molecule has 0 unspecified atom stereocenters. The summed E-state index contributed by atoms with van der Waals surface area (Å²) in [7, 11) is -2.62. The van der Waals surface area contributed by atoms with Gasteiger partial charge in [-0.05, 0) is 30.3 Å². The van der Waals surface area contributed by atoms with Gasteiger partial charge in [-0.3, -0.25) is 9.29 Å². The SMILES string of the molecule is CN(c1ccncc1)S(=O)(=O)c1ccc(N)cc1F. The first kappa shape index (κ1) is 13.3. The second-order valence-corrected chi connectivity index (χ2v) is 5.81. The number of nitrogen functional groups attached to an aromatic ring is 1. The van der Waals surface area contributed by atoms with Crippen molar-refractivity contribution in [1.29, 1.82) is 0 Å². The molecule has 0 spiro atoms. The van der Waals surface area contributed by atoms with Gasteiger partial charge in [-0.1, -0.05) is 0 Å². The molecule has 0 aliphatic rings. The van der Waals surface area contributed by atoms with Crippen LogP contribution in [0, 0.1) is 5.82 Å². The zero-order chi connectivity index (χ0) is 14.0. The lowest BCUT2D eigenvalue weighted by Gasteiger charge is -2.19. The normalized spacial score (nSPS) is 11.3. The second-order valence-electron chi connectivity index (χ2n) is 3.87. The van der Waals surface area contributed by atoms with Crippen LogP contribution < -0.4 is 10.0 Å². The van der Waals surface area contributed by atoms with E-state index in [2.05, 4.69) is 4.98 Å². The molecule has 0 atom stereocenters. The van der Waals surface area contributed by atoms with E-state index in [1.54, 1.807) is 0 Å². The number of nitrogens with zero attached hydrogens (tertiary/aromatic N) is 2. The summed E-state index contributed by atoms with van der Waals surface area (Å²) in [6.07, 6.45) is 2.92. The van der Waals surface area contributed by atoms with Crippen molar-refractivity contribution in [3.63, 3.8) is 0 Å². The Morgan fingerprint density at radius 3 is 2.42 bits per heavy atom. The van der Waals surface area contributed by atoms with Crippen molar-refractivity contribution in [2.24, 2.45) is 0 Å². The van der Waals surface area contributed by atoms with Gasteiger partial charge in [-0.2, -0.15) is 0 Å². The summed E-state index contributed by atoms with van der Waals surface area (Å²) in [4.78, 5) is 3.38. The highest BCUT2D eigenvalue weighted by Gasteiger charge is 2.24. The molecule has 2 N–H and O–H groups in total. The van der Waals surface area contributed by atoms with E-state index in [-0.39, 0.29) is 5.69 Å². The van der Waals surface area contributed by atoms with Crippen molar-refractivity contribution in [3.8, 4) is 0 Å². The first-order valence-electron chi connectivity index (χ1n) is 5.37.